The Hall–Kier alpha value is -9.74. The van der Waals surface area contributed by atoms with Crippen molar-refractivity contribution in [2.24, 2.45) is 0 Å². The Kier molecular flexibility index (Phi) is 9.50. The van der Waals surface area contributed by atoms with E-state index < -0.39 is 8.07 Å². The number of fused-ring (bicyclic) bond motifs is 9. The van der Waals surface area contributed by atoms with E-state index in [-0.39, 0.29) is 18.1 Å². The summed E-state index contributed by atoms with van der Waals surface area (Å²) in [6.07, 6.45) is 0. The molecule has 0 unspecified atom stereocenters. The van der Waals surface area contributed by atoms with Crippen molar-refractivity contribution in [1.82, 2.24) is 13.7 Å². The summed E-state index contributed by atoms with van der Waals surface area (Å²) in [6.45, 7) is 0. The Morgan fingerprint density at radius 3 is 1.00 bits per heavy atom. The molecule has 0 atom stereocenters. The van der Waals surface area contributed by atoms with Crippen molar-refractivity contribution in [2.45, 2.75) is 0 Å². The Morgan fingerprint density at radius 1 is 0.224 bits per heavy atom. The normalized spacial score (nSPS) is 12.5. The summed E-state index contributed by atoms with van der Waals surface area (Å²) < 4.78 is 38.2. The second-order valence-electron chi connectivity index (χ2n) is 19.7. The third kappa shape index (κ3) is 6.81. The zero-order chi connectivity index (χ0) is 52.8. The number of aromatic nitrogens is 3. The first-order valence-corrected chi connectivity index (χ1v) is 28.0. The Bertz CT molecular complexity index is 4670. The minimum atomic E-state index is -2.77. The molecule has 0 aliphatic heterocycles. The van der Waals surface area contributed by atoms with E-state index in [4.69, 9.17) is 0 Å². The highest BCUT2D eigenvalue weighted by Crippen LogP contribution is 2.40. The fourth-order valence-electron chi connectivity index (χ4n) is 12.3. The second kappa shape index (κ2) is 17.7. The molecule has 0 radical (unpaired) electrons. The Morgan fingerprint density at radius 2 is 0.566 bits per heavy atom. The van der Waals surface area contributed by atoms with Gasteiger partial charge in [0.25, 0.3) is 0 Å². The van der Waals surface area contributed by atoms with Crippen molar-refractivity contribution >= 4 is 94.2 Å². The third-order valence-electron chi connectivity index (χ3n) is 15.7. The fourth-order valence-corrected chi connectivity index (χ4v) is 17.1. The van der Waals surface area contributed by atoms with Crippen molar-refractivity contribution in [1.29, 1.82) is 0 Å². The summed E-state index contributed by atoms with van der Waals surface area (Å²) in [6, 6.07) is 99.2. The van der Waals surface area contributed by atoms with Gasteiger partial charge in [0.05, 0.1) is 37.2 Å². The summed E-state index contributed by atoms with van der Waals surface area (Å²) >= 11 is 0. The van der Waals surface area contributed by atoms with Crippen LogP contribution < -0.4 is 20.7 Å². The Balaban J connectivity index is 0.972. The predicted molar refractivity (Wildman–Crippen MR) is 324 cm³/mol. The zero-order valence-electron chi connectivity index (χ0n) is 44.4. The largest absolute Gasteiger partial charge is 0.309 e. The first-order valence-electron chi connectivity index (χ1n) is 27.5. The van der Waals surface area contributed by atoms with Crippen molar-refractivity contribution in [3.05, 3.63) is 297 Å². The van der Waals surface area contributed by atoms with Gasteiger partial charge in [-0.25, -0.2) is 0 Å². The van der Waals surface area contributed by atoms with Gasteiger partial charge in [-0.1, -0.05) is 231 Å². The molecule has 3 nitrogen and oxygen atoms in total. The lowest BCUT2D eigenvalue weighted by Gasteiger charge is -2.34. The molecule has 12 aromatic carbocycles. The molecule has 0 saturated carbocycles. The van der Waals surface area contributed by atoms with Gasteiger partial charge in [-0.15, -0.1) is 0 Å². The van der Waals surface area contributed by atoms with Gasteiger partial charge in [0.2, 0.25) is 0 Å². The van der Waals surface area contributed by atoms with Crippen molar-refractivity contribution in [3.63, 3.8) is 0 Å². The lowest BCUT2D eigenvalue weighted by atomic mass is 9.98. The van der Waals surface area contributed by atoms with Crippen LogP contribution in [0.2, 0.25) is 0 Å². The Labute approximate surface area is 446 Å². The van der Waals surface area contributed by atoms with Gasteiger partial charge in [-0.3, -0.25) is 0 Å². The monoisotopic (exact) mass is 986 g/mol. The highest BCUT2D eigenvalue weighted by Gasteiger charge is 2.41. The molecular weight excluding hydrogens is 935 g/mol. The molecule has 76 heavy (non-hydrogen) atoms. The average molecular weight is 987 g/mol. The van der Waals surface area contributed by atoms with Crippen LogP contribution in [0.4, 0.5) is 0 Å². The number of para-hydroxylation sites is 5. The van der Waals surface area contributed by atoms with E-state index in [0.29, 0.717) is 16.9 Å². The maximum absolute atomic E-state index is 10.6. The summed E-state index contributed by atoms with van der Waals surface area (Å²) in [4.78, 5) is 0. The third-order valence-corrected chi connectivity index (χ3v) is 20.5. The van der Waals surface area contributed by atoms with Gasteiger partial charge >= 0.3 is 0 Å². The van der Waals surface area contributed by atoms with Gasteiger partial charge in [0.15, 0.2) is 8.07 Å². The van der Waals surface area contributed by atoms with Crippen LogP contribution in [-0.4, -0.2) is 21.8 Å². The van der Waals surface area contributed by atoms with E-state index in [1.54, 1.807) is 0 Å². The molecule has 0 aliphatic carbocycles. The standard InChI is InChI=1S/C72H49N3Si/c1-4-23-57(24-5-1)76(58-25-6-2-7-26-58,59-27-8-3-9-28-59)60-42-39-50(40-43-60)51-21-20-22-52(45-51)53-46-55(74-69-36-17-12-31-63(69)64-32-13-18-37-70(64)74)48-56(47-53)75-71-38-19-14-33-65(71)66-44-41-54(49-72(66)75)73-67-34-15-10-29-61(67)62-30-11-16-35-68(62)73/h1-49H/i46D,47D,48D. The molecule has 3 aromatic heterocycles. The van der Waals surface area contributed by atoms with E-state index in [2.05, 4.69) is 250 Å². The van der Waals surface area contributed by atoms with Crippen LogP contribution in [-0.2, 0) is 0 Å². The molecule has 356 valence electrons. The smallest absolute Gasteiger partial charge is 0.179 e. The number of benzene rings is 12. The van der Waals surface area contributed by atoms with Gasteiger partial charge in [0.1, 0.15) is 0 Å². The molecule has 0 bridgehead atoms. The summed E-state index contributed by atoms with van der Waals surface area (Å²) in [7, 11) is -2.77. The van der Waals surface area contributed by atoms with E-state index in [1.165, 1.54) is 31.5 Å². The number of rotatable bonds is 9. The number of nitrogens with zero attached hydrogens (tertiary/aromatic N) is 3. The molecule has 0 aliphatic rings. The summed E-state index contributed by atoms with van der Waals surface area (Å²) in [5.41, 5.74) is 10.7. The molecule has 15 rings (SSSR count). The zero-order valence-corrected chi connectivity index (χ0v) is 42.4. The molecule has 0 N–H and O–H groups in total. The highest BCUT2D eigenvalue weighted by atomic mass is 28.3. The van der Waals surface area contributed by atoms with Crippen LogP contribution >= 0.6 is 0 Å². The molecular formula is C72H49N3Si. The molecule has 0 saturated heterocycles. The molecule has 0 spiro atoms. The van der Waals surface area contributed by atoms with Crippen LogP contribution in [0, 0.1) is 0 Å². The van der Waals surface area contributed by atoms with Crippen LogP contribution in [0.25, 0.3) is 105 Å². The maximum atomic E-state index is 10.6. The first kappa shape index (κ1) is 40.7. The van der Waals surface area contributed by atoms with Gasteiger partial charge < -0.3 is 13.7 Å². The van der Waals surface area contributed by atoms with Gasteiger partial charge in [-0.05, 0) is 110 Å². The molecule has 0 fully saturated rings. The fraction of sp³-hybridized carbons (Fsp3) is 0. The second-order valence-corrected chi connectivity index (χ2v) is 23.6. The molecule has 4 heteroatoms. The predicted octanol–water partition coefficient (Wildman–Crippen LogP) is 15.7. The van der Waals surface area contributed by atoms with Crippen LogP contribution in [0.5, 0.6) is 0 Å². The van der Waals surface area contributed by atoms with Gasteiger partial charge in [0, 0.05) is 49.4 Å². The van der Waals surface area contributed by atoms with Crippen LogP contribution in [0.3, 0.4) is 0 Å². The lowest BCUT2D eigenvalue weighted by Crippen LogP contribution is -2.74. The molecule has 15 aromatic rings. The summed E-state index contributed by atoms with van der Waals surface area (Å²) in [5.74, 6) is 0. The first-order chi connectivity index (χ1) is 39.0. The summed E-state index contributed by atoms with van der Waals surface area (Å²) in [5, 5.41) is 11.7. The number of hydrogen-bond donors (Lipinski definition) is 0. The van der Waals surface area contributed by atoms with Gasteiger partial charge in [-0.2, -0.15) is 0 Å². The van der Waals surface area contributed by atoms with Crippen molar-refractivity contribution in [3.8, 4) is 39.3 Å². The topological polar surface area (TPSA) is 14.8 Å². The number of hydrogen-bond acceptors (Lipinski definition) is 0. The average Bonchev–Trinajstić information content (AvgIpc) is 4.27. The van der Waals surface area contributed by atoms with Crippen LogP contribution in [0.1, 0.15) is 4.11 Å². The SMILES string of the molecule is [2H]c1c(-c2cccc(-c3ccc([Si](c4ccccc4)(c4ccccc4)c4ccccc4)cc3)c2)c([2H])c(-n2c3ccccc3c3ccc(-n4c5ccccc5c5ccccc54)cc32)c([2H])c1-n1c2ccccc2c2ccccc21. The van der Waals surface area contributed by atoms with E-state index in [0.717, 1.165) is 77.0 Å². The quantitative estimate of drug-likeness (QED) is 0.101. The van der Waals surface area contributed by atoms with Crippen LogP contribution in [0.15, 0.2) is 297 Å². The van der Waals surface area contributed by atoms with E-state index in [1.807, 2.05) is 42.5 Å². The van der Waals surface area contributed by atoms with E-state index >= 15 is 0 Å². The molecule has 3 heterocycles. The highest BCUT2D eigenvalue weighted by molar-refractivity contribution is 7.19. The van der Waals surface area contributed by atoms with Crippen molar-refractivity contribution in [2.75, 3.05) is 0 Å². The maximum Gasteiger partial charge on any atom is 0.179 e. The minimum Gasteiger partial charge on any atom is -0.309 e. The van der Waals surface area contributed by atoms with E-state index in [9.17, 15) is 4.11 Å². The molecule has 0 amide bonds. The minimum absolute atomic E-state index is 0.102. The van der Waals surface area contributed by atoms with Crippen molar-refractivity contribution < 1.29 is 4.11 Å². The lowest BCUT2D eigenvalue weighted by molar-refractivity contribution is 1.13.